The molecule has 0 unspecified atom stereocenters. The molecule has 5 heteroatoms. The monoisotopic (exact) mass is 358 g/mol. The largest absolute Gasteiger partial charge is 0.492 e. The molecule has 0 N–H and O–H groups in total. The number of carbonyl (C=O) groups is 3. The zero-order chi connectivity index (χ0) is 20.0. The molecule has 0 aromatic rings. The average molecular weight is 358 g/mol. The van der Waals surface area contributed by atoms with E-state index in [0.29, 0.717) is 12.0 Å². The number of hydrogen-bond donors (Lipinski definition) is 0. The van der Waals surface area contributed by atoms with Gasteiger partial charge in [0.15, 0.2) is 11.5 Å². The van der Waals surface area contributed by atoms with Gasteiger partial charge in [-0.15, -0.1) is 0 Å². The Balaban J connectivity index is 3.21. The molecule has 0 heterocycles. The molecule has 0 spiro atoms. The first-order valence-electron chi connectivity index (χ1n) is 8.36. The van der Waals surface area contributed by atoms with Crippen LogP contribution in [0.1, 0.15) is 41.0 Å². The summed E-state index contributed by atoms with van der Waals surface area (Å²) < 4.78 is 10.6. The van der Waals surface area contributed by atoms with Crippen LogP contribution in [0.4, 0.5) is 0 Å². The molecule has 0 bridgehead atoms. The van der Waals surface area contributed by atoms with Crippen molar-refractivity contribution in [2.75, 3.05) is 7.11 Å². The highest BCUT2D eigenvalue weighted by Crippen LogP contribution is 2.28. The van der Waals surface area contributed by atoms with Gasteiger partial charge in [-0.1, -0.05) is 24.3 Å². The Kier molecular flexibility index (Phi) is 7.50. The van der Waals surface area contributed by atoms with Crippen LogP contribution in [0.25, 0.3) is 0 Å². The van der Waals surface area contributed by atoms with Crippen LogP contribution < -0.4 is 0 Å². The van der Waals surface area contributed by atoms with Crippen molar-refractivity contribution in [1.29, 1.82) is 0 Å². The Labute approximate surface area is 154 Å². The van der Waals surface area contributed by atoms with Crippen LogP contribution in [0.15, 0.2) is 58.4 Å². The minimum Gasteiger partial charge on any atom is -0.492 e. The molecule has 0 aromatic carbocycles. The van der Waals surface area contributed by atoms with E-state index in [1.807, 2.05) is 19.9 Å². The van der Waals surface area contributed by atoms with Gasteiger partial charge in [0.05, 0.1) is 7.11 Å². The number of ether oxygens (including phenoxy) is 2. The summed E-state index contributed by atoms with van der Waals surface area (Å²) in [6.07, 6.45) is 4.36. The van der Waals surface area contributed by atoms with Gasteiger partial charge in [0.25, 0.3) is 0 Å². The predicted octanol–water partition coefficient (Wildman–Crippen LogP) is 3.78. The maximum absolute atomic E-state index is 12.6. The fourth-order valence-electron chi connectivity index (χ4n) is 2.31. The summed E-state index contributed by atoms with van der Waals surface area (Å²) in [6.45, 7) is 12.7. The van der Waals surface area contributed by atoms with E-state index in [9.17, 15) is 14.4 Å². The average Bonchev–Trinajstić information content (AvgIpc) is 2.60. The second-order valence-corrected chi connectivity index (χ2v) is 6.32. The first kappa shape index (κ1) is 21.4. The Morgan fingerprint density at radius 1 is 1.27 bits per heavy atom. The van der Waals surface area contributed by atoms with Crippen molar-refractivity contribution in [3.05, 3.63) is 58.4 Å². The lowest BCUT2D eigenvalue weighted by Crippen LogP contribution is -2.27. The summed E-state index contributed by atoms with van der Waals surface area (Å²) in [6, 6.07) is 0. The van der Waals surface area contributed by atoms with E-state index in [1.54, 1.807) is 19.9 Å². The molecule has 0 saturated heterocycles. The molecule has 5 nitrogen and oxygen atoms in total. The van der Waals surface area contributed by atoms with E-state index in [1.165, 1.54) is 20.1 Å². The van der Waals surface area contributed by atoms with Gasteiger partial charge in [-0.2, -0.15) is 0 Å². The Hall–Kier alpha value is -2.69. The zero-order valence-electron chi connectivity index (χ0n) is 16.3. The molecule has 0 amide bonds. The van der Waals surface area contributed by atoms with Crippen LogP contribution in [0.5, 0.6) is 0 Å². The summed E-state index contributed by atoms with van der Waals surface area (Å²) in [7, 11) is 1.34. The number of ketones is 2. The molecule has 0 saturated carbocycles. The predicted molar refractivity (Wildman–Crippen MR) is 100 cm³/mol. The Morgan fingerprint density at radius 2 is 1.88 bits per heavy atom. The van der Waals surface area contributed by atoms with Crippen molar-refractivity contribution >= 4 is 17.5 Å². The van der Waals surface area contributed by atoms with Gasteiger partial charge in [-0.05, 0) is 46.3 Å². The number of carbonyl (C=O) groups excluding carboxylic acids is 3. The molecule has 1 rings (SSSR count). The SMILES string of the molecule is C=C(C1=CC(=O)C(C)=C(OC)C1=O)[C@H](CC=C(C)C)OC(=O)C(C)=CC. The van der Waals surface area contributed by atoms with E-state index in [4.69, 9.17) is 9.47 Å². The lowest BCUT2D eigenvalue weighted by atomic mass is 9.88. The van der Waals surface area contributed by atoms with Crippen molar-refractivity contribution in [2.45, 2.75) is 47.1 Å². The van der Waals surface area contributed by atoms with Crippen LogP contribution in [-0.2, 0) is 23.9 Å². The quantitative estimate of drug-likeness (QED) is 0.300. The first-order valence-corrected chi connectivity index (χ1v) is 8.36. The van der Waals surface area contributed by atoms with E-state index >= 15 is 0 Å². The molecule has 140 valence electrons. The molecular weight excluding hydrogens is 332 g/mol. The van der Waals surface area contributed by atoms with E-state index in [0.717, 1.165) is 5.57 Å². The van der Waals surface area contributed by atoms with Crippen LogP contribution in [0.3, 0.4) is 0 Å². The van der Waals surface area contributed by atoms with Crippen LogP contribution in [0.2, 0.25) is 0 Å². The van der Waals surface area contributed by atoms with Gasteiger partial charge in [0, 0.05) is 23.1 Å². The normalized spacial score (nSPS) is 16.1. The van der Waals surface area contributed by atoms with Gasteiger partial charge in [0.1, 0.15) is 6.10 Å². The molecule has 1 aliphatic rings. The van der Waals surface area contributed by atoms with E-state index in [-0.39, 0.29) is 28.3 Å². The first-order chi connectivity index (χ1) is 12.1. The van der Waals surface area contributed by atoms with E-state index < -0.39 is 17.9 Å². The molecule has 0 fully saturated rings. The second kappa shape index (κ2) is 9.13. The minimum atomic E-state index is -0.758. The third-order valence-corrected chi connectivity index (χ3v) is 4.12. The highest BCUT2D eigenvalue weighted by molar-refractivity contribution is 6.23. The molecule has 26 heavy (non-hydrogen) atoms. The van der Waals surface area contributed by atoms with Crippen molar-refractivity contribution in [3.8, 4) is 0 Å². The summed E-state index contributed by atoms with van der Waals surface area (Å²) in [4.78, 5) is 37.0. The number of rotatable bonds is 7. The molecule has 0 radical (unpaired) electrons. The highest BCUT2D eigenvalue weighted by Gasteiger charge is 2.32. The Bertz CT molecular complexity index is 755. The lowest BCUT2D eigenvalue weighted by molar-refractivity contribution is -0.142. The molecule has 0 aliphatic heterocycles. The van der Waals surface area contributed by atoms with Gasteiger partial charge in [0.2, 0.25) is 5.78 Å². The third kappa shape index (κ3) is 4.91. The molecular formula is C21H26O5. The minimum absolute atomic E-state index is 0.00873. The number of hydrogen-bond acceptors (Lipinski definition) is 5. The highest BCUT2D eigenvalue weighted by atomic mass is 16.5. The summed E-state index contributed by atoms with van der Waals surface area (Å²) in [5.41, 5.74) is 2.12. The summed E-state index contributed by atoms with van der Waals surface area (Å²) in [5, 5.41) is 0. The number of allylic oxidation sites excluding steroid dienone is 5. The van der Waals surface area contributed by atoms with Crippen molar-refractivity contribution in [2.24, 2.45) is 0 Å². The number of esters is 1. The topological polar surface area (TPSA) is 69.7 Å². The maximum Gasteiger partial charge on any atom is 0.333 e. The zero-order valence-corrected chi connectivity index (χ0v) is 16.3. The van der Waals surface area contributed by atoms with Crippen LogP contribution in [0, 0.1) is 0 Å². The Morgan fingerprint density at radius 3 is 2.38 bits per heavy atom. The maximum atomic E-state index is 12.6. The summed E-state index contributed by atoms with van der Waals surface area (Å²) >= 11 is 0. The number of methoxy groups -OCH3 is 1. The molecule has 0 aromatic heterocycles. The van der Waals surface area contributed by atoms with Crippen molar-refractivity contribution in [3.63, 3.8) is 0 Å². The van der Waals surface area contributed by atoms with Gasteiger partial charge in [-0.3, -0.25) is 9.59 Å². The standard InChI is InChI=1S/C21H26O5/c1-8-13(4)21(24)26-18(10-9-12(2)3)14(5)16-11-17(22)15(6)20(25-7)19(16)23/h8-9,11,18H,5,10H2,1-4,6-7H3/t18-/m0/s1. The number of Topliss-reactive ketones (excluding diaryl/α,β-unsaturated/α-hetero) is 1. The van der Waals surface area contributed by atoms with Gasteiger partial charge >= 0.3 is 5.97 Å². The summed E-state index contributed by atoms with van der Waals surface area (Å²) in [5.74, 6) is -1.26. The smallest absolute Gasteiger partial charge is 0.333 e. The van der Waals surface area contributed by atoms with Crippen molar-refractivity contribution in [1.82, 2.24) is 0 Å². The van der Waals surface area contributed by atoms with Crippen LogP contribution in [-0.4, -0.2) is 30.7 Å². The van der Waals surface area contributed by atoms with Gasteiger partial charge < -0.3 is 9.47 Å². The molecule has 1 atom stereocenters. The van der Waals surface area contributed by atoms with Gasteiger partial charge in [-0.25, -0.2) is 4.79 Å². The third-order valence-electron chi connectivity index (χ3n) is 4.12. The van der Waals surface area contributed by atoms with E-state index in [2.05, 4.69) is 6.58 Å². The molecule has 1 aliphatic carbocycles. The van der Waals surface area contributed by atoms with Crippen LogP contribution >= 0.6 is 0 Å². The second-order valence-electron chi connectivity index (χ2n) is 6.32. The fourth-order valence-corrected chi connectivity index (χ4v) is 2.31. The van der Waals surface area contributed by atoms with Crippen molar-refractivity contribution < 1.29 is 23.9 Å². The lowest BCUT2D eigenvalue weighted by Gasteiger charge is -2.23. The fraction of sp³-hybridized carbons (Fsp3) is 0.381.